The quantitative estimate of drug-likeness (QED) is 0.256. The third-order valence-electron chi connectivity index (χ3n) is 4.88. The molecule has 0 atom stereocenters. The number of nitrogens with zero attached hydrogens (tertiary/aromatic N) is 1. The van der Waals surface area contributed by atoms with Crippen molar-refractivity contribution in [3.05, 3.63) is 88.3 Å². The highest BCUT2D eigenvalue weighted by molar-refractivity contribution is 6.14. The van der Waals surface area contributed by atoms with Crippen LogP contribution in [0.4, 0.5) is 5.69 Å². The smallest absolute Gasteiger partial charge is 0.343 e. The van der Waals surface area contributed by atoms with Gasteiger partial charge in [-0.15, -0.1) is 0 Å². The van der Waals surface area contributed by atoms with E-state index in [2.05, 4.69) is 0 Å². The van der Waals surface area contributed by atoms with Gasteiger partial charge in [-0.25, -0.2) is 4.79 Å². The molecule has 1 aliphatic heterocycles. The molecule has 1 heterocycles. The van der Waals surface area contributed by atoms with Crippen LogP contribution in [0, 0.1) is 5.21 Å². The van der Waals surface area contributed by atoms with Crippen molar-refractivity contribution in [1.29, 1.82) is 0 Å². The number of hydrogen-bond donors (Lipinski definition) is 1. The van der Waals surface area contributed by atoms with Crippen molar-refractivity contribution in [2.75, 3.05) is 19.4 Å². The molecule has 0 spiro atoms. The fourth-order valence-electron chi connectivity index (χ4n) is 3.24. The van der Waals surface area contributed by atoms with Gasteiger partial charge in [-0.1, -0.05) is 6.07 Å². The zero-order valence-corrected chi connectivity index (χ0v) is 17.6. The largest absolute Gasteiger partial charge is 0.733 e. The van der Waals surface area contributed by atoms with Crippen LogP contribution >= 0.6 is 0 Å². The Morgan fingerprint density at radius 3 is 2.55 bits per heavy atom. The molecule has 33 heavy (non-hydrogen) atoms. The molecule has 0 saturated heterocycles. The first-order valence-corrected chi connectivity index (χ1v) is 9.68. The minimum Gasteiger partial charge on any atom is -0.733 e. The maximum absolute atomic E-state index is 12.8. The van der Waals surface area contributed by atoms with Gasteiger partial charge >= 0.3 is 5.97 Å². The molecule has 0 unspecified atom stereocenters. The van der Waals surface area contributed by atoms with Crippen molar-refractivity contribution < 1.29 is 33.7 Å². The van der Waals surface area contributed by atoms with Gasteiger partial charge in [0.05, 0.1) is 31.0 Å². The first-order chi connectivity index (χ1) is 15.9. The summed E-state index contributed by atoms with van der Waals surface area (Å²) in [5.74, 6) is 0.482. The van der Waals surface area contributed by atoms with E-state index in [1.165, 1.54) is 56.7 Å². The summed E-state index contributed by atoms with van der Waals surface area (Å²) in [5, 5.41) is 19.7. The number of fused-ring (bicyclic) bond motifs is 1. The number of ketones is 1. The number of benzene rings is 3. The van der Waals surface area contributed by atoms with Crippen LogP contribution in [0.2, 0.25) is 0 Å². The molecule has 168 valence electrons. The van der Waals surface area contributed by atoms with Gasteiger partial charge in [0.1, 0.15) is 23.0 Å². The number of hydrogen-bond acceptors (Lipinski definition) is 9. The standard InChI is InChI=1S/C24H18NO8/c1-30-17-7-9-20(31-2)15(11-17)12-22-23(26)19-8-6-18(13-21(19)33-22)32-24(27)14-4-3-5-16(10-14)25(28)29/h3-13,28H,1-2H3/q-1. The Bertz CT molecular complexity index is 1270. The van der Waals surface area contributed by atoms with E-state index in [1.807, 2.05) is 0 Å². The number of carbonyl (C=O) groups excluding carboxylic acids is 2. The summed E-state index contributed by atoms with van der Waals surface area (Å²) < 4.78 is 21.6. The summed E-state index contributed by atoms with van der Waals surface area (Å²) in [6, 6.07) is 14.9. The predicted molar refractivity (Wildman–Crippen MR) is 118 cm³/mol. The fourth-order valence-corrected chi connectivity index (χ4v) is 3.24. The third-order valence-corrected chi connectivity index (χ3v) is 4.88. The Labute approximate surface area is 188 Å². The molecule has 0 saturated carbocycles. The van der Waals surface area contributed by atoms with E-state index in [1.54, 1.807) is 24.3 Å². The van der Waals surface area contributed by atoms with E-state index >= 15 is 0 Å². The van der Waals surface area contributed by atoms with Gasteiger partial charge < -0.3 is 29.4 Å². The molecular formula is C24H18NO8-. The predicted octanol–water partition coefficient (Wildman–Crippen LogP) is 4.23. The molecule has 1 N–H and O–H groups in total. The maximum Gasteiger partial charge on any atom is 0.343 e. The van der Waals surface area contributed by atoms with Crippen molar-refractivity contribution in [2.45, 2.75) is 0 Å². The molecule has 0 amide bonds. The minimum absolute atomic E-state index is 0.0607. The average Bonchev–Trinajstić information content (AvgIpc) is 3.13. The Hall–Kier alpha value is -4.34. The lowest BCUT2D eigenvalue weighted by molar-refractivity contribution is 0.0734. The molecule has 0 fully saturated rings. The van der Waals surface area contributed by atoms with Crippen LogP contribution in [0.5, 0.6) is 23.0 Å². The summed E-state index contributed by atoms with van der Waals surface area (Å²) in [6.07, 6.45) is 1.55. The zero-order valence-electron chi connectivity index (χ0n) is 17.6. The molecule has 1 aliphatic rings. The van der Waals surface area contributed by atoms with Crippen LogP contribution in [0.15, 0.2) is 66.4 Å². The van der Waals surface area contributed by atoms with Crippen molar-refractivity contribution in [3.63, 3.8) is 0 Å². The van der Waals surface area contributed by atoms with E-state index in [9.17, 15) is 14.8 Å². The van der Waals surface area contributed by atoms with Crippen molar-refractivity contribution in [1.82, 2.24) is 0 Å². The number of ether oxygens (including phenoxy) is 4. The Balaban J connectivity index is 1.57. The number of allylic oxidation sites excluding steroid dienone is 1. The number of methoxy groups -OCH3 is 2. The topological polar surface area (TPSA) is 118 Å². The van der Waals surface area contributed by atoms with Crippen LogP contribution in [-0.2, 0) is 0 Å². The Kier molecular flexibility index (Phi) is 5.99. The van der Waals surface area contributed by atoms with Crippen LogP contribution < -0.4 is 24.2 Å². The molecule has 3 aromatic carbocycles. The molecular weight excluding hydrogens is 430 g/mol. The number of rotatable bonds is 6. The van der Waals surface area contributed by atoms with E-state index in [-0.39, 0.29) is 39.5 Å². The van der Waals surface area contributed by atoms with Crippen LogP contribution in [0.3, 0.4) is 0 Å². The summed E-state index contributed by atoms with van der Waals surface area (Å²) in [5.41, 5.74) is 0.851. The average molecular weight is 448 g/mol. The van der Waals surface area contributed by atoms with Gasteiger partial charge in [-0.05, 0) is 54.6 Å². The van der Waals surface area contributed by atoms with Crippen molar-refractivity contribution in [2.24, 2.45) is 0 Å². The minimum atomic E-state index is -0.750. The highest BCUT2D eigenvalue weighted by Gasteiger charge is 2.28. The second-order valence-corrected chi connectivity index (χ2v) is 6.92. The van der Waals surface area contributed by atoms with Crippen LogP contribution in [0.25, 0.3) is 6.08 Å². The highest BCUT2D eigenvalue weighted by atomic mass is 16.8. The summed E-state index contributed by atoms with van der Waals surface area (Å²) in [6.45, 7) is 0. The first kappa shape index (κ1) is 21.9. The van der Waals surface area contributed by atoms with E-state index in [0.717, 1.165) is 0 Å². The highest BCUT2D eigenvalue weighted by Crippen LogP contribution is 2.36. The van der Waals surface area contributed by atoms with Gasteiger partial charge in [-0.2, -0.15) is 0 Å². The molecule has 0 aliphatic carbocycles. The molecule has 9 heteroatoms. The van der Waals surface area contributed by atoms with Crippen LogP contribution in [0.1, 0.15) is 26.3 Å². The number of esters is 1. The van der Waals surface area contributed by atoms with E-state index in [0.29, 0.717) is 22.6 Å². The van der Waals surface area contributed by atoms with Crippen molar-refractivity contribution in [3.8, 4) is 23.0 Å². The molecule has 3 aromatic rings. The lowest BCUT2D eigenvalue weighted by atomic mass is 10.1. The molecule has 4 rings (SSSR count). The van der Waals surface area contributed by atoms with Gasteiger partial charge in [0.2, 0.25) is 5.78 Å². The van der Waals surface area contributed by atoms with Crippen LogP contribution in [-0.4, -0.2) is 31.2 Å². The molecule has 9 nitrogen and oxygen atoms in total. The van der Waals surface area contributed by atoms with Gasteiger partial charge in [0.25, 0.3) is 0 Å². The second kappa shape index (κ2) is 9.03. The maximum atomic E-state index is 12.8. The Morgan fingerprint density at radius 2 is 1.82 bits per heavy atom. The lowest BCUT2D eigenvalue weighted by Crippen LogP contribution is -2.11. The molecule has 0 radical (unpaired) electrons. The number of anilines is 1. The number of carbonyl (C=O) groups is 2. The van der Waals surface area contributed by atoms with E-state index < -0.39 is 5.97 Å². The second-order valence-electron chi connectivity index (χ2n) is 6.92. The fraction of sp³-hybridized carbons (Fsp3) is 0.0833. The van der Waals surface area contributed by atoms with Gasteiger partial charge in [0.15, 0.2) is 5.76 Å². The summed E-state index contributed by atoms with van der Waals surface area (Å²) >= 11 is 0. The third kappa shape index (κ3) is 4.49. The molecule has 0 aromatic heterocycles. The number of Topliss-reactive ketones (excluding diaryl/α,β-unsaturated/α-hetero) is 1. The van der Waals surface area contributed by atoms with E-state index in [4.69, 9.17) is 24.2 Å². The normalized spacial score (nSPS) is 13.3. The van der Waals surface area contributed by atoms with Gasteiger partial charge in [0, 0.05) is 11.6 Å². The molecule has 0 bridgehead atoms. The van der Waals surface area contributed by atoms with Gasteiger partial charge in [-0.3, -0.25) is 10.0 Å². The zero-order chi connectivity index (χ0) is 23.5. The summed E-state index contributed by atoms with van der Waals surface area (Å²) in [4.78, 5) is 25.2. The summed E-state index contributed by atoms with van der Waals surface area (Å²) in [7, 11) is 3.05. The lowest BCUT2D eigenvalue weighted by Gasteiger charge is -2.21. The first-order valence-electron chi connectivity index (χ1n) is 9.68. The van der Waals surface area contributed by atoms with Crippen molar-refractivity contribution >= 4 is 23.5 Å². The SMILES string of the molecule is COc1ccc(OC)c(C=C2Oc3cc(OC(=O)c4cccc(N([O-])O)c4)ccc3C2=O)c1. The monoisotopic (exact) mass is 448 g/mol. The Morgan fingerprint density at radius 1 is 1.03 bits per heavy atom.